The summed E-state index contributed by atoms with van der Waals surface area (Å²) in [7, 11) is 1.10. The van der Waals surface area contributed by atoms with Crippen molar-refractivity contribution in [3.63, 3.8) is 0 Å². The highest BCUT2D eigenvalue weighted by Gasteiger charge is 2.20. The zero-order valence-corrected chi connectivity index (χ0v) is 17.1. The first-order valence-corrected chi connectivity index (χ1v) is 11.8. The highest BCUT2D eigenvalue weighted by Crippen LogP contribution is 2.37. The van der Waals surface area contributed by atoms with Crippen LogP contribution in [-0.2, 0) is 0 Å². The predicted octanol–water partition coefficient (Wildman–Crippen LogP) is 4.90. The minimum absolute atomic E-state index is 0.651. The molecule has 0 heterocycles. The summed E-state index contributed by atoms with van der Waals surface area (Å²) in [4.78, 5) is 2.58. The number of rotatable bonds is 6. The van der Waals surface area contributed by atoms with Crippen molar-refractivity contribution in [2.75, 3.05) is 19.6 Å². The van der Waals surface area contributed by atoms with Gasteiger partial charge in [0.2, 0.25) is 0 Å². The molecule has 0 bridgehead atoms. The van der Waals surface area contributed by atoms with Gasteiger partial charge in [0.15, 0.2) is 0 Å². The van der Waals surface area contributed by atoms with E-state index in [-0.39, 0.29) is 0 Å². The van der Waals surface area contributed by atoms with Gasteiger partial charge in [0, 0.05) is 15.1 Å². The second kappa shape index (κ2) is 8.80. The van der Waals surface area contributed by atoms with Gasteiger partial charge in [-0.2, -0.15) is 0 Å². The van der Waals surface area contributed by atoms with Gasteiger partial charge in [-0.05, 0) is 61.4 Å². The van der Waals surface area contributed by atoms with E-state index in [1.54, 1.807) is 30.6 Å². The third kappa shape index (κ3) is 4.23. The second-order valence-corrected chi connectivity index (χ2v) is 9.35. The molecule has 25 heavy (non-hydrogen) atoms. The van der Waals surface area contributed by atoms with Gasteiger partial charge in [-0.1, -0.05) is 42.5 Å². The van der Waals surface area contributed by atoms with Crippen LogP contribution in [0.15, 0.2) is 82.6 Å². The maximum absolute atomic E-state index is 5.67. The quantitative estimate of drug-likeness (QED) is 0.442. The molecule has 0 spiro atoms. The van der Waals surface area contributed by atoms with E-state index in [4.69, 9.17) is 4.74 Å². The Kier molecular flexibility index (Phi) is 6.47. The summed E-state index contributed by atoms with van der Waals surface area (Å²) in [6, 6.07) is 26.2. The Morgan fingerprint density at radius 1 is 0.680 bits per heavy atom. The van der Waals surface area contributed by atoms with Gasteiger partial charge in [-0.15, -0.1) is 23.5 Å². The lowest BCUT2D eigenvalue weighted by molar-refractivity contribution is 0.418. The molecule has 0 aliphatic rings. The zero-order chi connectivity index (χ0) is 17.6. The molecule has 1 nitrogen and oxygen atoms in total. The standard InChI is InChI=1S/C21H21OPS2/c1-22-20-6-4-5-7-21(20)23(16-8-12-18(24-2)13-9-16)17-10-14-19(25-3)15-11-17/h4-15H,1-3H3. The van der Waals surface area contributed by atoms with Crippen molar-refractivity contribution in [3.8, 4) is 5.75 Å². The SMILES string of the molecule is COc1ccccc1P(c1ccc(SC)cc1)c1ccc(SC)cc1. The third-order valence-corrected chi connectivity index (χ3v) is 7.95. The van der Waals surface area contributed by atoms with E-state index in [1.807, 2.05) is 6.07 Å². The summed E-state index contributed by atoms with van der Waals surface area (Å²) in [6.07, 6.45) is 4.22. The van der Waals surface area contributed by atoms with Crippen LogP contribution >= 0.6 is 31.4 Å². The number of hydrogen-bond donors (Lipinski definition) is 0. The van der Waals surface area contributed by atoms with E-state index >= 15 is 0 Å². The van der Waals surface area contributed by atoms with E-state index in [0.29, 0.717) is 0 Å². The van der Waals surface area contributed by atoms with E-state index < -0.39 is 7.92 Å². The van der Waals surface area contributed by atoms with Crippen molar-refractivity contribution in [2.45, 2.75) is 9.79 Å². The van der Waals surface area contributed by atoms with E-state index in [0.717, 1.165) is 5.75 Å². The van der Waals surface area contributed by atoms with Crippen molar-refractivity contribution >= 4 is 47.4 Å². The molecular weight excluding hydrogens is 363 g/mol. The summed E-state index contributed by atoms with van der Waals surface area (Å²) in [5, 5.41) is 3.94. The van der Waals surface area contributed by atoms with Gasteiger partial charge in [0.05, 0.1) is 7.11 Å². The van der Waals surface area contributed by atoms with Crippen LogP contribution < -0.4 is 20.7 Å². The molecule has 0 aliphatic heterocycles. The first-order chi connectivity index (χ1) is 12.3. The molecule has 3 rings (SSSR count). The molecule has 0 amide bonds. The maximum Gasteiger partial charge on any atom is 0.127 e. The van der Waals surface area contributed by atoms with E-state index in [9.17, 15) is 0 Å². The summed E-state index contributed by atoms with van der Waals surface area (Å²) >= 11 is 3.55. The van der Waals surface area contributed by atoms with Crippen LogP contribution in [0.25, 0.3) is 0 Å². The summed E-state index contributed by atoms with van der Waals surface area (Å²) in [5.74, 6) is 0.955. The first kappa shape index (κ1) is 18.4. The molecular formula is C21H21OPS2. The van der Waals surface area contributed by atoms with Gasteiger partial charge in [0.25, 0.3) is 0 Å². The molecule has 0 unspecified atom stereocenters. The maximum atomic E-state index is 5.67. The first-order valence-electron chi connectivity index (χ1n) is 7.98. The fourth-order valence-electron chi connectivity index (χ4n) is 2.70. The summed E-state index contributed by atoms with van der Waals surface area (Å²) in [5.41, 5.74) is 0. The summed E-state index contributed by atoms with van der Waals surface area (Å²) < 4.78 is 5.67. The van der Waals surface area contributed by atoms with Crippen LogP contribution in [0.4, 0.5) is 0 Å². The van der Waals surface area contributed by atoms with Crippen LogP contribution in [0.2, 0.25) is 0 Å². The van der Waals surface area contributed by atoms with Gasteiger partial charge in [0.1, 0.15) is 5.75 Å². The highest BCUT2D eigenvalue weighted by atomic mass is 32.2. The molecule has 0 atom stereocenters. The number of methoxy groups -OCH3 is 1. The Hall–Kier alpha value is -1.41. The molecule has 0 saturated carbocycles. The molecule has 0 aliphatic carbocycles. The van der Waals surface area contributed by atoms with Gasteiger partial charge >= 0.3 is 0 Å². The van der Waals surface area contributed by atoms with Crippen LogP contribution in [0, 0.1) is 0 Å². The minimum atomic E-state index is -0.651. The average molecular weight is 385 g/mol. The lowest BCUT2D eigenvalue weighted by Gasteiger charge is -2.22. The van der Waals surface area contributed by atoms with Crippen LogP contribution in [-0.4, -0.2) is 19.6 Å². The molecule has 128 valence electrons. The molecule has 4 heteroatoms. The van der Waals surface area contributed by atoms with Crippen molar-refractivity contribution < 1.29 is 4.74 Å². The van der Waals surface area contributed by atoms with Crippen LogP contribution in [0.3, 0.4) is 0 Å². The van der Waals surface area contributed by atoms with E-state index in [2.05, 4.69) is 79.2 Å². The lowest BCUT2D eigenvalue weighted by Crippen LogP contribution is -2.21. The number of ether oxygens (including phenoxy) is 1. The normalized spacial score (nSPS) is 10.9. The largest absolute Gasteiger partial charge is 0.496 e. The minimum Gasteiger partial charge on any atom is -0.496 e. The molecule has 3 aromatic carbocycles. The number of benzene rings is 3. The van der Waals surface area contributed by atoms with Crippen LogP contribution in [0.5, 0.6) is 5.75 Å². The Balaban J connectivity index is 2.12. The van der Waals surface area contributed by atoms with Gasteiger partial charge in [-0.3, -0.25) is 0 Å². The number of para-hydroxylation sites is 1. The van der Waals surface area contributed by atoms with Crippen molar-refractivity contribution in [2.24, 2.45) is 0 Å². The smallest absolute Gasteiger partial charge is 0.127 e. The Labute approximate surface area is 159 Å². The Bertz CT molecular complexity index is 769. The summed E-state index contributed by atoms with van der Waals surface area (Å²) in [6.45, 7) is 0. The molecule has 0 aromatic heterocycles. The van der Waals surface area contributed by atoms with Crippen molar-refractivity contribution in [1.29, 1.82) is 0 Å². The van der Waals surface area contributed by atoms with Crippen LogP contribution in [0.1, 0.15) is 0 Å². The van der Waals surface area contributed by atoms with Gasteiger partial charge < -0.3 is 4.74 Å². The molecule has 0 radical (unpaired) electrons. The Morgan fingerprint density at radius 3 is 1.60 bits per heavy atom. The van der Waals surface area contributed by atoms with Crippen molar-refractivity contribution in [3.05, 3.63) is 72.8 Å². The second-order valence-electron chi connectivity index (χ2n) is 5.40. The molecule has 0 fully saturated rings. The number of thioether (sulfide) groups is 2. The predicted molar refractivity (Wildman–Crippen MR) is 115 cm³/mol. The average Bonchev–Trinajstić information content (AvgIpc) is 2.69. The third-order valence-electron chi connectivity index (χ3n) is 3.99. The molecule has 0 saturated heterocycles. The fraction of sp³-hybridized carbons (Fsp3) is 0.143. The van der Waals surface area contributed by atoms with Crippen molar-refractivity contribution in [1.82, 2.24) is 0 Å². The van der Waals surface area contributed by atoms with Gasteiger partial charge in [-0.25, -0.2) is 0 Å². The highest BCUT2D eigenvalue weighted by molar-refractivity contribution is 7.98. The Morgan fingerprint density at radius 2 is 1.16 bits per heavy atom. The molecule has 3 aromatic rings. The lowest BCUT2D eigenvalue weighted by atomic mass is 10.3. The topological polar surface area (TPSA) is 9.23 Å². The van der Waals surface area contributed by atoms with E-state index in [1.165, 1.54) is 25.7 Å². The molecule has 0 N–H and O–H groups in total. The number of hydrogen-bond acceptors (Lipinski definition) is 3. The fourth-order valence-corrected chi connectivity index (χ4v) is 5.89. The zero-order valence-electron chi connectivity index (χ0n) is 14.6. The monoisotopic (exact) mass is 384 g/mol.